The van der Waals surface area contributed by atoms with Crippen LogP contribution >= 0.6 is 0 Å². The first-order chi connectivity index (χ1) is 12.0. The SMILES string of the molecule is C[C@H](CCc1ccccc1)NS(=O)(=O)CCn1cnc2ccccc21. The second-order valence-electron chi connectivity index (χ2n) is 6.29. The zero-order valence-corrected chi connectivity index (χ0v) is 15.1. The number of rotatable bonds is 8. The Labute approximate surface area is 148 Å². The molecule has 3 rings (SSSR count). The number of para-hydroxylation sites is 2. The van der Waals surface area contributed by atoms with Crippen molar-refractivity contribution in [2.75, 3.05) is 5.75 Å². The topological polar surface area (TPSA) is 64.0 Å². The Morgan fingerprint density at radius 2 is 1.80 bits per heavy atom. The van der Waals surface area contributed by atoms with Crippen LogP contribution in [-0.2, 0) is 23.0 Å². The van der Waals surface area contributed by atoms with Gasteiger partial charge in [-0.2, -0.15) is 0 Å². The molecule has 5 nitrogen and oxygen atoms in total. The van der Waals surface area contributed by atoms with Crippen LogP contribution in [0.3, 0.4) is 0 Å². The van der Waals surface area contributed by atoms with E-state index in [1.165, 1.54) is 5.56 Å². The highest BCUT2D eigenvalue weighted by atomic mass is 32.2. The number of imidazole rings is 1. The van der Waals surface area contributed by atoms with Gasteiger partial charge in [-0.3, -0.25) is 0 Å². The van der Waals surface area contributed by atoms with E-state index in [4.69, 9.17) is 0 Å². The third kappa shape index (κ3) is 4.90. The molecular weight excluding hydrogens is 334 g/mol. The summed E-state index contributed by atoms with van der Waals surface area (Å²) < 4.78 is 29.3. The van der Waals surface area contributed by atoms with E-state index < -0.39 is 10.0 Å². The molecule has 1 atom stereocenters. The number of hydrogen-bond acceptors (Lipinski definition) is 3. The van der Waals surface area contributed by atoms with Crippen LogP contribution in [0, 0.1) is 0 Å². The molecule has 1 aromatic heterocycles. The van der Waals surface area contributed by atoms with Crippen molar-refractivity contribution >= 4 is 21.1 Å². The van der Waals surface area contributed by atoms with Crippen molar-refractivity contribution in [1.82, 2.24) is 14.3 Å². The average Bonchev–Trinajstić information content (AvgIpc) is 3.02. The smallest absolute Gasteiger partial charge is 0.213 e. The highest BCUT2D eigenvalue weighted by Gasteiger charge is 2.15. The zero-order valence-electron chi connectivity index (χ0n) is 14.3. The van der Waals surface area contributed by atoms with Gasteiger partial charge in [0, 0.05) is 12.6 Å². The van der Waals surface area contributed by atoms with E-state index in [0.717, 1.165) is 23.9 Å². The van der Waals surface area contributed by atoms with Crippen molar-refractivity contribution in [2.45, 2.75) is 32.4 Å². The van der Waals surface area contributed by atoms with Crippen molar-refractivity contribution in [3.8, 4) is 0 Å². The summed E-state index contributed by atoms with van der Waals surface area (Å²) in [4.78, 5) is 4.29. The molecule has 0 saturated carbocycles. The molecule has 132 valence electrons. The third-order valence-electron chi connectivity index (χ3n) is 4.22. The molecule has 6 heteroatoms. The maximum atomic E-state index is 12.3. The van der Waals surface area contributed by atoms with Gasteiger partial charge in [-0.15, -0.1) is 0 Å². The van der Waals surface area contributed by atoms with E-state index >= 15 is 0 Å². The van der Waals surface area contributed by atoms with Gasteiger partial charge in [-0.25, -0.2) is 18.1 Å². The van der Waals surface area contributed by atoms with Gasteiger partial charge in [-0.1, -0.05) is 42.5 Å². The molecule has 0 radical (unpaired) electrons. The van der Waals surface area contributed by atoms with E-state index in [0.29, 0.717) is 6.54 Å². The van der Waals surface area contributed by atoms with Gasteiger partial charge in [-0.05, 0) is 37.5 Å². The van der Waals surface area contributed by atoms with Gasteiger partial charge >= 0.3 is 0 Å². The maximum absolute atomic E-state index is 12.3. The number of nitrogens with zero attached hydrogens (tertiary/aromatic N) is 2. The minimum atomic E-state index is -3.33. The largest absolute Gasteiger partial charge is 0.330 e. The Balaban J connectivity index is 1.53. The number of aryl methyl sites for hydroxylation is 2. The molecule has 2 aromatic carbocycles. The highest BCUT2D eigenvalue weighted by molar-refractivity contribution is 7.89. The summed E-state index contributed by atoms with van der Waals surface area (Å²) in [6, 6.07) is 17.7. The fraction of sp³-hybridized carbons (Fsp3) is 0.316. The van der Waals surface area contributed by atoms with Gasteiger partial charge in [0.1, 0.15) is 0 Å². The molecule has 0 spiro atoms. The van der Waals surface area contributed by atoms with Crippen LogP contribution in [0.4, 0.5) is 0 Å². The number of aromatic nitrogens is 2. The zero-order chi connectivity index (χ0) is 17.7. The van der Waals surface area contributed by atoms with E-state index in [1.54, 1.807) is 6.33 Å². The second kappa shape index (κ2) is 7.80. The molecule has 25 heavy (non-hydrogen) atoms. The lowest BCUT2D eigenvalue weighted by Crippen LogP contribution is -2.35. The minimum absolute atomic E-state index is 0.0447. The summed E-state index contributed by atoms with van der Waals surface area (Å²) in [6.45, 7) is 2.30. The van der Waals surface area contributed by atoms with Crippen molar-refractivity contribution in [3.05, 3.63) is 66.5 Å². The van der Waals surface area contributed by atoms with Crippen LogP contribution in [0.25, 0.3) is 11.0 Å². The molecule has 0 fully saturated rings. The highest BCUT2D eigenvalue weighted by Crippen LogP contribution is 2.12. The number of hydrogen-bond donors (Lipinski definition) is 1. The molecule has 0 unspecified atom stereocenters. The molecule has 0 aliphatic carbocycles. The fourth-order valence-electron chi connectivity index (χ4n) is 2.86. The van der Waals surface area contributed by atoms with E-state index in [-0.39, 0.29) is 11.8 Å². The normalized spacial score (nSPS) is 13.2. The van der Waals surface area contributed by atoms with Gasteiger partial charge in [0.05, 0.1) is 23.1 Å². The number of nitrogens with one attached hydrogen (secondary N) is 1. The predicted octanol–water partition coefficient (Wildman–Crippen LogP) is 2.98. The molecular formula is C19H23N3O2S. The van der Waals surface area contributed by atoms with Crippen LogP contribution < -0.4 is 4.72 Å². The molecule has 3 aromatic rings. The standard InChI is InChI=1S/C19H23N3O2S/c1-16(11-12-17-7-3-2-4-8-17)21-25(23,24)14-13-22-15-20-18-9-5-6-10-19(18)22/h2-10,15-16,21H,11-14H2,1H3/t16-/m1/s1. The Bertz CT molecular complexity index is 920. The number of benzene rings is 2. The average molecular weight is 357 g/mol. The summed E-state index contributed by atoms with van der Waals surface area (Å²) in [5.41, 5.74) is 3.05. The molecule has 0 amide bonds. The van der Waals surface area contributed by atoms with E-state index in [9.17, 15) is 8.42 Å². The number of fused-ring (bicyclic) bond motifs is 1. The third-order valence-corrected chi connectivity index (χ3v) is 5.70. The molecule has 0 saturated heterocycles. The van der Waals surface area contributed by atoms with Crippen LogP contribution in [0.5, 0.6) is 0 Å². The van der Waals surface area contributed by atoms with Crippen LogP contribution in [0.1, 0.15) is 18.9 Å². The van der Waals surface area contributed by atoms with Gasteiger partial charge in [0.15, 0.2) is 0 Å². The maximum Gasteiger partial charge on any atom is 0.213 e. The van der Waals surface area contributed by atoms with Crippen molar-refractivity contribution in [3.63, 3.8) is 0 Å². The molecule has 0 bridgehead atoms. The van der Waals surface area contributed by atoms with Crippen molar-refractivity contribution in [1.29, 1.82) is 0 Å². The first-order valence-electron chi connectivity index (χ1n) is 8.47. The molecule has 1 heterocycles. The first kappa shape index (κ1) is 17.6. The quantitative estimate of drug-likeness (QED) is 0.674. The Morgan fingerprint density at radius 3 is 2.60 bits per heavy atom. The van der Waals surface area contributed by atoms with Gasteiger partial charge in [0.25, 0.3) is 0 Å². The summed E-state index contributed by atoms with van der Waals surface area (Å²) in [5.74, 6) is 0.0447. The summed E-state index contributed by atoms with van der Waals surface area (Å²) >= 11 is 0. The second-order valence-corrected chi connectivity index (χ2v) is 8.16. The summed E-state index contributed by atoms with van der Waals surface area (Å²) in [6.07, 6.45) is 3.33. The van der Waals surface area contributed by atoms with E-state index in [2.05, 4.69) is 21.8 Å². The van der Waals surface area contributed by atoms with Crippen LogP contribution in [0.2, 0.25) is 0 Å². The van der Waals surface area contributed by atoms with Crippen LogP contribution in [0.15, 0.2) is 60.9 Å². The van der Waals surface area contributed by atoms with Crippen molar-refractivity contribution in [2.24, 2.45) is 0 Å². The van der Waals surface area contributed by atoms with E-state index in [1.807, 2.05) is 54.0 Å². The summed E-state index contributed by atoms with van der Waals surface area (Å²) in [5, 5.41) is 0. The Kier molecular flexibility index (Phi) is 5.50. The fourth-order valence-corrected chi connectivity index (χ4v) is 4.15. The lowest BCUT2D eigenvalue weighted by Gasteiger charge is -2.14. The number of sulfonamides is 1. The summed E-state index contributed by atoms with van der Waals surface area (Å²) in [7, 11) is -3.33. The lowest BCUT2D eigenvalue weighted by atomic mass is 10.1. The first-order valence-corrected chi connectivity index (χ1v) is 10.1. The van der Waals surface area contributed by atoms with Gasteiger partial charge < -0.3 is 4.57 Å². The monoisotopic (exact) mass is 357 g/mol. The molecule has 1 N–H and O–H groups in total. The Morgan fingerprint density at radius 1 is 1.08 bits per heavy atom. The Hall–Kier alpha value is -2.18. The molecule has 0 aliphatic heterocycles. The lowest BCUT2D eigenvalue weighted by molar-refractivity contribution is 0.542. The minimum Gasteiger partial charge on any atom is -0.330 e. The van der Waals surface area contributed by atoms with Crippen LogP contribution in [-0.4, -0.2) is 29.8 Å². The van der Waals surface area contributed by atoms with Crippen molar-refractivity contribution < 1.29 is 8.42 Å². The van der Waals surface area contributed by atoms with Gasteiger partial charge in [0.2, 0.25) is 10.0 Å². The molecule has 0 aliphatic rings. The predicted molar refractivity (Wildman–Crippen MR) is 101 cm³/mol.